The number of carbonyl (C=O) groups excluding carboxylic acids is 1. The van der Waals surface area contributed by atoms with E-state index in [1.54, 1.807) is 0 Å². The van der Waals surface area contributed by atoms with Gasteiger partial charge in [0.15, 0.2) is 6.04 Å². The quantitative estimate of drug-likeness (QED) is 0.215. The van der Waals surface area contributed by atoms with E-state index < -0.39 is 0 Å². The predicted molar refractivity (Wildman–Crippen MR) is 70.9 cm³/mol. The highest BCUT2D eigenvalue weighted by Gasteiger charge is 2.48. The van der Waals surface area contributed by atoms with Crippen LogP contribution < -0.4 is 48.0 Å². The molecule has 2 bridgehead atoms. The van der Waals surface area contributed by atoms with Crippen LogP contribution in [0.5, 0.6) is 0 Å². The number of ether oxygens (including phenoxy) is 1. The Morgan fingerprint density at radius 2 is 1.75 bits per heavy atom. The second-order valence-electron chi connectivity index (χ2n) is 7.30. The van der Waals surface area contributed by atoms with Crippen LogP contribution in [0.1, 0.15) is 19.3 Å². The van der Waals surface area contributed by atoms with Gasteiger partial charge < -0.3 is 61.7 Å². The first-order chi connectivity index (χ1) is 8.30. The second-order valence-corrected chi connectivity index (χ2v) is 7.30. The van der Waals surface area contributed by atoms with Crippen molar-refractivity contribution in [1.82, 2.24) is 0 Å². The van der Waals surface area contributed by atoms with E-state index in [-0.39, 0.29) is 60.0 Å². The molecule has 0 saturated carbocycles. The Labute approximate surface area is 157 Å². The predicted octanol–water partition coefficient (Wildman–Crippen LogP) is -5.13. The van der Waals surface area contributed by atoms with Crippen molar-refractivity contribution >= 4 is 5.97 Å². The SMILES string of the molecule is C[N+](C)(C)CCOC(=O)C1CC2CC[N+]1(C)CC2.[I-].[I-]. The summed E-state index contributed by atoms with van der Waals surface area (Å²) in [6.45, 7) is 3.73. The largest absolute Gasteiger partial charge is 1.00 e. The van der Waals surface area contributed by atoms with Gasteiger partial charge >= 0.3 is 5.97 Å². The number of carbonyl (C=O) groups is 1. The van der Waals surface area contributed by atoms with Crippen molar-refractivity contribution in [2.45, 2.75) is 25.3 Å². The Bertz CT molecular complexity index is 324. The molecular weight excluding hydrogens is 482 g/mol. The molecule has 6 heteroatoms. The number of piperidine rings is 3. The molecular formula is C14H28I2N2O2. The first kappa shape index (κ1) is 20.9. The van der Waals surface area contributed by atoms with Crippen molar-refractivity contribution in [2.75, 3.05) is 54.4 Å². The summed E-state index contributed by atoms with van der Waals surface area (Å²) < 4.78 is 7.26. The van der Waals surface area contributed by atoms with Crippen LogP contribution in [0.25, 0.3) is 0 Å². The number of esters is 1. The second kappa shape index (κ2) is 7.92. The summed E-state index contributed by atoms with van der Waals surface area (Å²) in [5.41, 5.74) is 0. The van der Waals surface area contributed by atoms with Gasteiger partial charge in [-0.05, 0) is 18.8 Å². The fourth-order valence-corrected chi connectivity index (χ4v) is 3.20. The van der Waals surface area contributed by atoms with Crippen molar-refractivity contribution in [3.8, 4) is 0 Å². The van der Waals surface area contributed by atoms with Gasteiger partial charge in [-0.15, -0.1) is 0 Å². The minimum absolute atomic E-state index is 0. The molecule has 1 atom stereocenters. The number of likely N-dealkylation sites (N-methyl/N-ethyl adjacent to an activating group) is 2. The van der Waals surface area contributed by atoms with E-state index in [1.165, 1.54) is 12.8 Å². The van der Waals surface area contributed by atoms with Gasteiger partial charge in [0, 0.05) is 6.42 Å². The number of hydrogen-bond donors (Lipinski definition) is 0. The van der Waals surface area contributed by atoms with Crippen LogP contribution in [0.15, 0.2) is 0 Å². The summed E-state index contributed by atoms with van der Waals surface area (Å²) in [4.78, 5) is 12.2. The van der Waals surface area contributed by atoms with E-state index in [0.29, 0.717) is 6.61 Å². The van der Waals surface area contributed by atoms with Gasteiger partial charge in [0.1, 0.15) is 13.2 Å². The van der Waals surface area contributed by atoms with Gasteiger partial charge in [-0.3, -0.25) is 0 Å². The van der Waals surface area contributed by atoms with Crippen LogP contribution in [0.2, 0.25) is 0 Å². The molecule has 0 aromatic rings. The summed E-state index contributed by atoms with van der Waals surface area (Å²) in [5.74, 6) is 0.802. The fraction of sp³-hybridized carbons (Fsp3) is 0.929. The van der Waals surface area contributed by atoms with E-state index in [1.807, 2.05) is 0 Å². The Balaban J connectivity index is 0.00000180. The van der Waals surface area contributed by atoms with Gasteiger partial charge in [0.25, 0.3) is 0 Å². The fourth-order valence-electron chi connectivity index (χ4n) is 3.20. The molecule has 0 aromatic heterocycles. The van der Waals surface area contributed by atoms with Crippen LogP contribution in [0, 0.1) is 5.92 Å². The number of rotatable bonds is 4. The molecule has 0 aliphatic carbocycles. The van der Waals surface area contributed by atoms with E-state index in [2.05, 4.69) is 28.2 Å². The van der Waals surface area contributed by atoms with Crippen molar-refractivity contribution in [1.29, 1.82) is 0 Å². The zero-order valence-electron chi connectivity index (χ0n) is 13.1. The van der Waals surface area contributed by atoms with E-state index in [4.69, 9.17) is 4.74 Å². The normalized spacial score (nSPS) is 32.0. The molecule has 3 aliphatic rings. The molecule has 0 N–H and O–H groups in total. The lowest BCUT2D eigenvalue weighted by Crippen LogP contribution is -3.00. The number of hydrogen-bond acceptors (Lipinski definition) is 2. The highest BCUT2D eigenvalue weighted by atomic mass is 127. The summed E-state index contributed by atoms with van der Waals surface area (Å²) in [6.07, 6.45) is 3.62. The lowest BCUT2D eigenvalue weighted by atomic mass is 9.81. The zero-order valence-corrected chi connectivity index (χ0v) is 17.4. The molecule has 4 nitrogen and oxygen atoms in total. The molecule has 120 valence electrons. The minimum atomic E-state index is 0. The summed E-state index contributed by atoms with van der Waals surface area (Å²) in [6, 6.07) is 0.102. The van der Waals surface area contributed by atoms with Gasteiger partial charge in [0.05, 0.1) is 41.3 Å². The van der Waals surface area contributed by atoms with Crippen LogP contribution >= 0.6 is 0 Å². The van der Waals surface area contributed by atoms with Crippen molar-refractivity contribution in [2.24, 2.45) is 5.92 Å². The van der Waals surface area contributed by atoms with Crippen molar-refractivity contribution in [3.63, 3.8) is 0 Å². The molecule has 0 radical (unpaired) electrons. The number of fused-ring (bicyclic) bond motifs is 3. The topological polar surface area (TPSA) is 26.3 Å². The zero-order chi connectivity index (χ0) is 13.4. The first-order valence-electron chi connectivity index (χ1n) is 7.11. The van der Waals surface area contributed by atoms with E-state index >= 15 is 0 Å². The van der Waals surface area contributed by atoms with E-state index in [9.17, 15) is 4.79 Å². The molecule has 0 amide bonds. The van der Waals surface area contributed by atoms with Crippen molar-refractivity contribution < 1.29 is 66.5 Å². The lowest BCUT2D eigenvalue weighted by molar-refractivity contribution is -0.940. The minimum Gasteiger partial charge on any atom is -1.00 e. The van der Waals surface area contributed by atoms with Crippen LogP contribution in [0.3, 0.4) is 0 Å². The van der Waals surface area contributed by atoms with Crippen LogP contribution in [0.4, 0.5) is 0 Å². The van der Waals surface area contributed by atoms with E-state index in [0.717, 1.165) is 40.9 Å². The first-order valence-corrected chi connectivity index (χ1v) is 7.11. The Morgan fingerprint density at radius 3 is 2.20 bits per heavy atom. The van der Waals surface area contributed by atoms with Gasteiger partial charge in [0.2, 0.25) is 0 Å². The smallest absolute Gasteiger partial charge is 0.365 e. The molecule has 3 heterocycles. The maximum atomic E-state index is 12.2. The third-order valence-electron chi connectivity index (χ3n) is 4.68. The van der Waals surface area contributed by atoms with Crippen LogP contribution in [-0.4, -0.2) is 75.4 Å². The maximum Gasteiger partial charge on any atom is 0.365 e. The molecule has 0 spiro atoms. The highest BCUT2D eigenvalue weighted by Crippen LogP contribution is 2.37. The van der Waals surface area contributed by atoms with Crippen molar-refractivity contribution in [3.05, 3.63) is 0 Å². The lowest BCUT2D eigenvalue weighted by Gasteiger charge is -2.50. The third-order valence-corrected chi connectivity index (χ3v) is 4.68. The average Bonchev–Trinajstić information content (AvgIpc) is 2.27. The Kier molecular flexibility index (Phi) is 8.25. The van der Waals surface area contributed by atoms with Gasteiger partial charge in [-0.2, -0.15) is 0 Å². The standard InChI is InChI=1S/C14H28N2O2.2HI/c1-15(2,3)9-10-18-14(17)13-11-12-5-7-16(13,4)8-6-12;;/h12-13H,5-11H2,1-4H3;2*1H/q+2;;/p-2. The monoisotopic (exact) mass is 510 g/mol. The molecule has 1 unspecified atom stereocenters. The molecule has 3 aliphatic heterocycles. The maximum absolute atomic E-state index is 12.2. The molecule has 3 fully saturated rings. The van der Waals surface area contributed by atoms with Gasteiger partial charge in [-0.25, -0.2) is 4.79 Å². The number of halogens is 2. The van der Waals surface area contributed by atoms with Crippen LogP contribution in [-0.2, 0) is 9.53 Å². The highest BCUT2D eigenvalue weighted by molar-refractivity contribution is 5.74. The summed E-state index contributed by atoms with van der Waals surface area (Å²) in [5, 5.41) is 0. The molecule has 20 heavy (non-hydrogen) atoms. The Morgan fingerprint density at radius 1 is 1.20 bits per heavy atom. The molecule has 0 aromatic carbocycles. The molecule has 3 rings (SSSR count). The Hall–Kier alpha value is 0.850. The van der Waals surface area contributed by atoms with Gasteiger partial charge in [-0.1, -0.05) is 0 Å². The number of nitrogens with zero attached hydrogens (tertiary/aromatic N) is 2. The number of quaternary nitrogens is 2. The summed E-state index contributed by atoms with van der Waals surface area (Å²) >= 11 is 0. The summed E-state index contributed by atoms with van der Waals surface area (Å²) in [7, 11) is 8.58. The molecule has 3 saturated heterocycles. The average molecular weight is 510 g/mol. The third kappa shape index (κ3) is 5.24.